The first kappa shape index (κ1) is 14.6. The Bertz CT molecular complexity index is 593. The van der Waals surface area contributed by atoms with E-state index in [0.717, 1.165) is 4.47 Å². The van der Waals surface area contributed by atoms with Crippen molar-refractivity contribution in [1.29, 1.82) is 0 Å². The van der Waals surface area contributed by atoms with Gasteiger partial charge in [-0.25, -0.2) is 0 Å². The minimum Gasteiger partial charge on any atom is -0.508 e. The van der Waals surface area contributed by atoms with Crippen LogP contribution in [0.25, 0.3) is 0 Å². The van der Waals surface area contributed by atoms with Crippen molar-refractivity contribution in [3.05, 3.63) is 52.5 Å². The number of aromatic hydroxyl groups is 1. The maximum atomic E-state index is 12.3. The van der Waals surface area contributed by atoms with Gasteiger partial charge in [0.05, 0.1) is 0 Å². The Labute approximate surface area is 123 Å². The summed E-state index contributed by atoms with van der Waals surface area (Å²) >= 11 is 3.29. The molecular formula is C14H12BrF2NO2. The predicted molar refractivity (Wildman–Crippen MR) is 76.2 cm³/mol. The highest BCUT2D eigenvalue weighted by Gasteiger charge is 2.10. The number of ether oxygens (including phenoxy) is 1. The number of phenolic OH excluding ortho intramolecular Hbond substituents is 1. The number of nitrogens with one attached hydrogen (secondary N) is 1. The third kappa shape index (κ3) is 4.09. The summed E-state index contributed by atoms with van der Waals surface area (Å²) in [6, 6.07) is 11.4. The first-order chi connectivity index (χ1) is 9.54. The van der Waals surface area contributed by atoms with Gasteiger partial charge in [0, 0.05) is 28.3 Å². The summed E-state index contributed by atoms with van der Waals surface area (Å²) in [5.41, 5.74) is 1.27. The largest absolute Gasteiger partial charge is 0.508 e. The summed E-state index contributed by atoms with van der Waals surface area (Å²) in [7, 11) is 0. The number of phenols is 1. The quantitative estimate of drug-likeness (QED) is 0.846. The molecule has 2 aromatic carbocycles. The zero-order chi connectivity index (χ0) is 14.5. The van der Waals surface area contributed by atoms with Gasteiger partial charge in [-0.2, -0.15) is 8.78 Å². The number of rotatable bonds is 5. The van der Waals surface area contributed by atoms with Crippen LogP contribution in [0.3, 0.4) is 0 Å². The maximum Gasteiger partial charge on any atom is 0.387 e. The van der Waals surface area contributed by atoms with Crippen LogP contribution < -0.4 is 10.1 Å². The topological polar surface area (TPSA) is 41.5 Å². The van der Waals surface area contributed by atoms with Crippen molar-refractivity contribution in [2.24, 2.45) is 0 Å². The number of alkyl halides is 2. The number of halogens is 3. The molecule has 0 bridgehead atoms. The van der Waals surface area contributed by atoms with Crippen LogP contribution in [0.5, 0.6) is 11.5 Å². The van der Waals surface area contributed by atoms with Gasteiger partial charge in [-0.3, -0.25) is 0 Å². The molecule has 0 radical (unpaired) electrons. The summed E-state index contributed by atoms with van der Waals surface area (Å²) < 4.78 is 29.9. The highest BCUT2D eigenvalue weighted by molar-refractivity contribution is 9.10. The fourth-order valence-electron chi connectivity index (χ4n) is 1.71. The molecule has 0 amide bonds. The highest BCUT2D eigenvalue weighted by Crippen LogP contribution is 2.26. The van der Waals surface area contributed by atoms with Crippen LogP contribution in [0.2, 0.25) is 0 Å². The fourth-order valence-corrected chi connectivity index (χ4v) is 2.12. The highest BCUT2D eigenvalue weighted by atomic mass is 79.9. The van der Waals surface area contributed by atoms with E-state index in [0.29, 0.717) is 17.8 Å². The molecule has 0 fully saturated rings. The van der Waals surface area contributed by atoms with E-state index in [9.17, 15) is 13.9 Å². The zero-order valence-corrected chi connectivity index (χ0v) is 11.9. The van der Waals surface area contributed by atoms with Crippen LogP contribution in [0.15, 0.2) is 46.9 Å². The van der Waals surface area contributed by atoms with Crippen LogP contribution in [-0.4, -0.2) is 11.7 Å². The van der Waals surface area contributed by atoms with Gasteiger partial charge in [0.25, 0.3) is 0 Å². The number of benzene rings is 2. The van der Waals surface area contributed by atoms with E-state index >= 15 is 0 Å². The molecule has 0 unspecified atom stereocenters. The minimum atomic E-state index is -2.87. The normalized spacial score (nSPS) is 10.6. The summed E-state index contributed by atoms with van der Waals surface area (Å²) in [5, 5.41) is 12.4. The maximum absolute atomic E-state index is 12.3. The lowest BCUT2D eigenvalue weighted by Crippen LogP contribution is -2.07. The summed E-state index contributed by atoms with van der Waals surface area (Å²) in [6.45, 7) is -2.57. The molecule has 2 N–H and O–H groups in total. The van der Waals surface area contributed by atoms with Crippen LogP contribution in [-0.2, 0) is 6.54 Å². The second-order valence-electron chi connectivity index (χ2n) is 4.03. The Hall–Kier alpha value is -1.82. The fraction of sp³-hybridized carbons (Fsp3) is 0.143. The number of hydrogen-bond donors (Lipinski definition) is 2. The Balaban J connectivity index is 2.13. The average molecular weight is 344 g/mol. The molecule has 0 aromatic heterocycles. The van der Waals surface area contributed by atoms with Gasteiger partial charge >= 0.3 is 6.61 Å². The molecule has 0 saturated heterocycles. The van der Waals surface area contributed by atoms with Crippen LogP contribution in [0, 0.1) is 0 Å². The lowest BCUT2D eigenvalue weighted by molar-refractivity contribution is -0.0504. The van der Waals surface area contributed by atoms with Gasteiger partial charge in [0.2, 0.25) is 0 Å². The molecule has 3 nitrogen and oxygen atoms in total. The lowest BCUT2D eigenvalue weighted by Gasteiger charge is -2.13. The number of hydrogen-bond acceptors (Lipinski definition) is 3. The van der Waals surface area contributed by atoms with Crippen molar-refractivity contribution in [3.63, 3.8) is 0 Å². The van der Waals surface area contributed by atoms with Gasteiger partial charge in [-0.05, 0) is 30.3 Å². The molecule has 6 heteroatoms. The number of anilines is 1. The molecule has 0 heterocycles. The average Bonchev–Trinajstić information content (AvgIpc) is 2.39. The van der Waals surface area contributed by atoms with Gasteiger partial charge < -0.3 is 15.2 Å². The molecule has 0 spiro atoms. The molecule has 0 atom stereocenters. The van der Waals surface area contributed by atoms with Crippen molar-refractivity contribution < 1.29 is 18.6 Å². The van der Waals surface area contributed by atoms with E-state index in [1.165, 1.54) is 6.07 Å². The smallest absolute Gasteiger partial charge is 0.387 e. The van der Waals surface area contributed by atoms with E-state index in [1.54, 1.807) is 36.4 Å². The monoisotopic (exact) mass is 343 g/mol. The molecule has 2 aromatic rings. The lowest BCUT2D eigenvalue weighted by atomic mass is 10.2. The van der Waals surface area contributed by atoms with Crippen LogP contribution in [0.4, 0.5) is 14.5 Å². The van der Waals surface area contributed by atoms with Crippen LogP contribution in [0.1, 0.15) is 5.56 Å². The Morgan fingerprint density at radius 1 is 1.20 bits per heavy atom. The summed E-state index contributed by atoms with van der Waals surface area (Å²) in [4.78, 5) is 0. The van der Waals surface area contributed by atoms with Crippen molar-refractivity contribution in [2.75, 3.05) is 5.32 Å². The molecule has 0 aliphatic carbocycles. The molecule has 0 saturated carbocycles. The molecule has 0 aliphatic rings. The van der Waals surface area contributed by atoms with Crippen molar-refractivity contribution >= 4 is 21.6 Å². The van der Waals surface area contributed by atoms with Gasteiger partial charge in [-0.15, -0.1) is 0 Å². The Morgan fingerprint density at radius 3 is 2.70 bits per heavy atom. The van der Waals surface area contributed by atoms with Gasteiger partial charge in [0.15, 0.2) is 0 Å². The Kier molecular flexibility index (Phi) is 4.79. The molecule has 0 aliphatic heterocycles. The predicted octanol–water partition coefficient (Wildman–Crippen LogP) is 4.37. The SMILES string of the molecule is Oc1cccc(NCc2cc(Br)ccc2OC(F)F)c1. The molecular weight excluding hydrogens is 332 g/mol. The van der Waals surface area contributed by atoms with Crippen LogP contribution >= 0.6 is 15.9 Å². The second-order valence-corrected chi connectivity index (χ2v) is 4.95. The third-order valence-electron chi connectivity index (χ3n) is 2.57. The first-order valence-electron chi connectivity index (χ1n) is 5.81. The molecule has 2 rings (SSSR count). The van der Waals surface area contributed by atoms with E-state index in [4.69, 9.17) is 0 Å². The second kappa shape index (κ2) is 6.56. The van der Waals surface area contributed by atoms with E-state index in [1.807, 2.05) is 0 Å². The van der Waals surface area contributed by atoms with E-state index < -0.39 is 6.61 Å². The summed E-state index contributed by atoms with van der Waals surface area (Å²) in [6.07, 6.45) is 0. The zero-order valence-electron chi connectivity index (χ0n) is 10.3. The molecule has 106 valence electrons. The van der Waals surface area contributed by atoms with E-state index in [-0.39, 0.29) is 11.5 Å². The van der Waals surface area contributed by atoms with Crippen molar-refractivity contribution in [3.8, 4) is 11.5 Å². The van der Waals surface area contributed by atoms with Crippen molar-refractivity contribution in [2.45, 2.75) is 13.2 Å². The van der Waals surface area contributed by atoms with Gasteiger partial charge in [-0.1, -0.05) is 22.0 Å². The first-order valence-corrected chi connectivity index (χ1v) is 6.60. The van der Waals surface area contributed by atoms with E-state index in [2.05, 4.69) is 26.0 Å². The standard InChI is InChI=1S/C14H12BrF2NO2/c15-10-4-5-13(20-14(16)17)9(6-10)8-18-11-2-1-3-12(19)7-11/h1-7,14,18-19H,8H2. The Morgan fingerprint density at radius 2 is 2.00 bits per heavy atom. The minimum absolute atomic E-state index is 0.121. The van der Waals surface area contributed by atoms with Gasteiger partial charge in [0.1, 0.15) is 11.5 Å². The van der Waals surface area contributed by atoms with Crippen molar-refractivity contribution in [1.82, 2.24) is 0 Å². The third-order valence-corrected chi connectivity index (χ3v) is 3.06. The molecule has 20 heavy (non-hydrogen) atoms. The summed E-state index contributed by atoms with van der Waals surface area (Å²) in [5.74, 6) is 0.254.